The molecule has 2 aromatic rings. The van der Waals surface area contributed by atoms with Crippen molar-refractivity contribution in [2.24, 2.45) is 5.73 Å². The number of hydrogen-bond acceptors (Lipinski definition) is 8. The minimum atomic E-state index is -4.80. The molecule has 0 aliphatic rings. The van der Waals surface area contributed by atoms with Crippen molar-refractivity contribution < 1.29 is 42.1 Å². The number of nitrogens with zero attached hydrogens (tertiary/aromatic N) is 1. The number of carbonyl (C=O) groups is 2. The fourth-order valence-corrected chi connectivity index (χ4v) is 1.89. The number of hydrogen-bond donors (Lipinski definition) is 3. The van der Waals surface area contributed by atoms with Gasteiger partial charge in [-0.3, -0.25) is 10.1 Å². The van der Waals surface area contributed by atoms with Crippen LogP contribution in [0.3, 0.4) is 0 Å². The summed E-state index contributed by atoms with van der Waals surface area (Å²) in [6.07, 6.45) is -4.82. The van der Waals surface area contributed by atoms with E-state index in [0.717, 1.165) is 12.1 Å². The molecule has 0 saturated heterocycles. The summed E-state index contributed by atoms with van der Waals surface area (Å²) >= 11 is 0. The van der Waals surface area contributed by atoms with Gasteiger partial charge in [0, 0.05) is 12.3 Å². The first kappa shape index (κ1) is 21.8. The summed E-state index contributed by atoms with van der Waals surface area (Å²) in [5.41, 5.74) is 5.77. The second kappa shape index (κ2) is 9.10. The fourth-order valence-electron chi connectivity index (χ4n) is 1.89. The average molecular weight is 415 g/mol. The van der Waals surface area contributed by atoms with Crippen LogP contribution < -0.4 is 25.3 Å². The van der Waals surface area contributed by atoms with Crippen molar-refractivity contribution in [3.8, 4) is 23.1 Å². The molecule has 9 nitrogen and oxygen atoms in total. The lowest BCUT2D eigenvalue weighted by Gasteiger charge is -2.12. The van der Waals surface area contributed by atoms with E-state index in [1.165, 1.54) is 31.3 Å². The molecule has 0 bridgehead atoms. The highest BCUT2D eigenvalue weighted by molar-refractivity contribution is 5.95. The van der Waals surface area contributed by atoms with Crippen molar-refractivity contribution in [3.63, 3.8) is 0 Å². The third kappa shape index (κ3) is 6.84. The first-order valence-electron chi connectivity index (χ1n) is 7.99. The Morgan fingerprint density at radius 2 is 1.90 bits per heavy atom. The van der Waals surface area contributed by atoms with Gasteiger partial charge >= 0.3 is 12.5 Å². The maximum atomic E-state index is 12.1. The van der Waals surface area contributed by atoms with Gasteiger partial charge in [-0.2, -0.15) is 0 Å². The van der Waals surface area contributed by atoms with Crippen molar-refractivity contribution in [2.45, 2.75) is 25.9 Å². The Kier molecular flexibility index (Phi) is 6.83. The molecule has 0 aliphatic heterocycles. The van der Waals surface area contributed by atoms with E-state index < -0.39 is 41.8 Å². The third-order valence-electron chi connectivity index (χ3n) is 3.23. The summed E-state index contributed by atoms with van der Waals surface area (Å²) in [6.45, 7) is 1.23. The number of imide groups is 1. The van der Waals surface area contributed by atoms with Gasteiger partial charge in [0.05, 0.1) is 6.04 Å². The first-order valence-corrected chi connectivity index (χ1v) is 7.99. The van der Waals surface area contributed by atoms with Crippen LogP contribution >= 0.6 is 0 Å². The highest BCUT2D eigenvalue weighted by atomic mass is 19.4. The van der Waals surface area contributed by atoms with Crippen LogP contribution in [0.25, 0.3) is 0 Å². The van der Waals surface area contributed by atoms with Crippen LogP contribution in [-0.4, -0.2) is 34.5 Å². The number of rotatable bonds is 6. The predicted molar refractivity (Wildman–Crippen MR) is 91.2 cm³/mol. The summed E-state index contributed by atoms with van der Waals surface area (Å²) in [4.78, 5) is 26.6. The molecule has 29 heavy (non-hydrogen) atoms. The number of benzene rings is 1. The Labute approximate surface area is 162 Å². The summed E-state index contributed by atoms with van der Waals surface area (Å²) in [6, 6.07) is 5.20. The first-order chi connectivity index (χ1) is 13.5. The fraction of sp³-hybridized carbons (Fsp3) is 0.235. The monoisotopic (exact) mass is 415 g/mol. The van der Waals surface area contributed by atoms with Crippen LogP contribution in [0.2, 0.25) is 0 Å². The highest BCUT2D eigenvalue weighted by Gasteiger charge is 2.31. The standard InChI is InChI=1S/C17H16F3N3O6/c1-9(21)14(25)23-16(26)28-15-13(24)12(6-7-22-15)27-8-10-2-4-11(5-3-10)29-17(18,19)20/h2-7,9,24H,8,21H2,1H3,(H,23,25,26)/t9-/m0/s1. The van der Waals surface area contributed by atoms with E-state index in [1.807, 2.05) is 5.32 Å². The van der Waals surface area contributed by atoms with Gasteiger partial charge in [-0.15, -0.1) is 13.2 Å². The lowest BCUT2D eigenvalue weighted by molar-refractivity contribution is -0.274. The number of nitrogens with one attached hydrogen (secondary N) is 1. The zero-order valence-electron chi connectivity index (χ0n) is 14.9. The van der Waals surface area contributed by atoms with Crippen LogP contribution in [0.4, 0.5) is 18.0 Å². The van der Waals surface area contributed by atoms with Crippen molar-refractivity contribution in [2.75, 3.05) is 0 Å². The van der Waals surface area contributed by atoms with Crippen molar-refractivity contribution in [1.29, 1.82) is 0 Å². The molecular weight excluding hydrogens is 399 g/mol. The second-order valence-corrected chi connectivity index (χ2v) is 5.61. The Bertz CT molecular complexity index is 872. The summed E-state index contributed by atoms with van der Waals surface area (Å²) < 4.78 is 50.3. The zero-order valence-corrected chi connectivity index (χ0v) is 14.9. The molecule has 156 valence electrons. The topological polar surface area (TPSA) is 133 Å². The highest BCUT2D eigenvalue weighted by Crippen LogP contribution is 2.34. The quantitative estimate of drug-likeness (QED) is 0.654. The number of carbonyl (C=O) groups excluding carboxylic acids is 2. The number of amides is 2. The van der Waals surface area contributed by atoms with Crippen molar-refractivity contribution >= 4 is 12.0 Å². The molecule has 0 saturated carbocycles. The van der Waals surface area contributed by atoms with E-state index in [-0.39, 0.29) is 12.4 Å². The van der Waals surface area contributed by atoms with Gasteiger partial charge in [0.2, 0.25) is 11.7 Å². The minimum Gasteiger partial charge on any atom is -0.501 e. The molecule has 2 amide bonds. The van der Waals surface area contributed by atoms with E-state index in [1.54, 1.807) is 0 Å². The molecule has 0 spiro atoms. The SMILES string of the molecule is C[C@H](N)C(=O)NC(=O)Oc1nccc(OCc2ccc(OC(F)(F)F)cc2)c1O. The number of aromatic hydroxyl groups is 1. The van der Waals surface area contributed by atoms with E-state index in [2.05, 4.69) is 9.72 Å². The second-order valence-electron chi connectivity index (χ2n) is 5.61. The van der Waals surface area contributed by atoms with Crippen LogP contribution in [-0.2, 0) is 11.4 Å². The summed E-state index contributed by atoms with van der Waals surface area (Å²) in [7, 11) is 0. The Balaban J connectivity index is 1.99. The van der Waals surface area contributed by atoms with Gasteiger partial charge in [-0.1, -0.05) is 12.1 Å². The molecule has 0 aliphatic carbocycles. The Hall–Kier alpha value is -3.54. The smallest absolute Gasteiger partial charge is 0.501 e. The average Bonchev–Trinajstić information content (AvgIpc) is 2.62. The normalized spacial score (nSPS) is 12.0. The van der Waals surface area contributed by atoms with Crippen LogP contribution in [0.15, 0.2) is 36.5 Å². The number of alkyl halides is 3. The van der Waals surface area contributed by atoms with Crippen LogP contribution in [0.5, 0.6) is 23.1 Å². The molecule has 1 atom stereocenters. The van der Waals surface area contributed by atoms with Crippen LogP contribution in [0.1, 0.15) is 12.5 Å². The Morgan fingerprint density at radius 1 is 1.24 bits per heavy atom. The van der Waals surface area contributed by atoms with E-state index in [4.69, 9.17) is 15.2 Å². The molecule has 1 aromatic carbocycles. The van der Waals surface area contributed by atoms with Gasteiger partial charge in [0.15, 0.2) is 5.75 Å². The largest absolute Gasteiger partial charge is 0.573 e. The van der Waals surface area contributed by atoms with E-state index >= 15 is 0 Å². The number of halogens is 3. The Morgan fingerprint density at radius 3 is 2.48 bits per heavy atom. The van der Waals surface area contributed by atoms with Gasteiger partial charge in [-0.05, 0) is 24.6 Å². The molecule has 0 fully saturated rings. The van der Waals surface area contributed by atoms with Crippen LogP contribution in [0, 0.1) is 0 Å². The summed E-state index contributed by atoms with van der Waals surface area (Å²) in [5, 5.41) is 11.9. The number of ether oxygens (including phenoxy) is 3. The molecule has 12 heteroatoms. The van der Waals surface area contributed by atoms with E-state index in [9.17, 15) is 27.9 Å². The molecule has 4 N–H and O–H groups in total. The molecular formula is C17H16F3N3O6. The number of nitrogens with two attached hydrogens (primary N) is 1. The van der Waals surface area contributed by atoms with Crippen molar-refractivity contribution in [3.05, 3.63) is 42.1 Å². The lowest BCUT2D eigenvalue weighted by Crippen LogP contribution is -2.42. The number of pyridine rings is 1. The van der Waals surface area contributed by atoms with Gasteiger partial charge in [0.25, 0.3) is 5.88 Å². The lowest BCUT2D eigenvalue weighted by atomic mass is 10.2. The van der Waals surface area contributed by atoms with E-state index in [0.29, 0.717) is 5.56 Å². The predicted octanol–water partition coefficient (Wildman–Crippen LogP) is 2.23. The van der Waals surface area contributed by atoms with Gasteiger partial charge in [-0.25, -0.2) is 9.78 Å². The molecule has 2 rings (SSSR count). The maximum Gasteiger partial charge on any atom is 0.573 e. The maximum absolute atomic E-state index is 12.1. The van der Waals surface area contributed by atoms with Gasteiger partial charge < -0.3 is 25.1 Å². The molecule has 0 unspecified atom stereocenters. The molecule has 1 aromatic heterocycles. The van der Waals surface area contributed by atoms with Gasteiger partial charge in [0.1, 0.15) is 12.4 Å². The third-order valence-corrected chi connectivity index (χ3v) is 3.23. The zero-order chi connectivity index (χ0) is 21.6. The van der Waals surface area contributed by atoms with Crippen molar-refractivity contribution in [1.82, 2.24) is 10.3 Å². The number of aromatic nitrogens is 1. The molecule has 0 radical (unpaired) electrons. The summed E-state index contributed by atoms with van der Waals surface area (Å²) in [5.74, 6) is -2.44. The molecule has 1 heterocycles. The minimum absolute atomic E-state index is 0.114.